The van der Waals surface area contributed by atoms with Crippen molar-refractivity contribution in [2.75, 3.05) is 5.32 Å². The molecule has 2 N–H and O–H groups in total. The maximum Gasteiger partial charge on any atom is 0.321 e. The van der Waals surface area contributed by atoms with Crippen LogP contribution < -0.4 is 10.6 Å². The van der Waals surface area contributed by atoms with Crippen LogP contribution in [0.15, 0.2) is 47.2 Å². The molecule has 1 aromatic heterocycles. The molecular formula is C12H11BrN4O. The van der Waals surface area contributed by atoms with Crippen LogP contribution in [0.3, 0.4) is 0 Å². The first kappa shape index (κ1) is 12.5. The Balaban J connectivity index is 1.85. The molecule has 0 aliphatic heterocycles. The molecule has 0 atom stereocenters. The predicted molar refractivity (Wildman–Crippen MR) is 72.0 cm³/mol. The number of nitrogens with one attached hydrogen (secondary N) is 2. The number of hydrogen-bond donors (Lipinski definition) is 2. The average molecular weight is 307 g/mol. The molecule has 6 heteroatoms. The Hall–Kier alpha value is -1.95. The fourth-order valence-corrected chi connectivity index (χ4v) is 1.79. The summed E-state index contributed by atoms with van der Waals surface area (Å²) in [6.07, 6.45) is 3.13. The summed E-state index contributed by atoms with van der Waals surface area (Å²) in [4.78, 5) is 19.4. The fourth-order valence-electron chi connectivity index (χ4n) is 1.34. The lowest BCUT2D eigenvalue weighted by Gasteiger charge is -2.06. The van der Waals surface area contributed by atoms with E-state index in [1.165, 1.54) is 0 Å². The van der Waals surface area contributed by atoms with E-state index in [1.807, 2.05) is 24.3 Å². The number of anilines is 1. The van der Waals surface area contributed by atoms with Gasteiger partial charge < -0.3 is 5.32 Å². The molecule has 0 fully saturated rings. The van der Waals surface area contributed by atoms with E-state index in [0.29, 0.717) is 6.54 Å². The highest BCUT2D eigenvalue weighted by molar-refractivity contribution is 9.10. The lowest BCUT2D eigenvalue weighted by atomic mass is 10.2. The van der Waals surface area contributed by atoms with Gasteiger partial charge in [-0.05, 0) is 23.8 Å². The maximum atomic E-state index is 11.6. The highest BCUT2D eigenvalue weighted by Crippen LogP contribution is 2.11. The first-order valence-electron chi connectivity index (χ1n) is 5.30. The van der Waals surface area contributed by atoms with Crippen LogP contribution in [-0.2, 0) is 6.54 Å². The molecule has 0 bridgehead atoms. The summed E-state index contributed by atoms with van der Waals surface area (Å²) in [5.41, 5.74) is 1.01. The van der Waals surface area contributed by atoms with Crippen molar-refractivity contribution in [2.45, 2.75) is 6.54 Å². The smallest absolute Gasteiger partial charge is 0.321 e. The van der Waals surface area contributed by atoms with Gasteiger partial charge in [-0.1, -0.05) is 28.1 Å². The van der Waals surface area contributed by atoms with Crippen molar-refractivity contribution in [1.82, 2.24) is 15.3 Å². The van der Waals surface area contributed by atoms with Gasteiger partial charge in [-0.15, -0.1) is 0 Å². The van der Waals surface area contributed by atoms with Gasteiger partial charge in [0, 0.05) is 23.4 Å². The third-order valence-electron chi connectivity index (χ3n) is 2.13. The zero-order chi connectivity index (χ0) is 12.8. The van der Waals surface area contributed by atoms with Crippen LogP contribution in [0.25, 0.3) is 0 Å². The van der Waals surface area contributed by atoms with Gasteiger partial charge in [0.15, 0.2) is 0 Å². The second kappa shape index (κ2) is 6.11. The molecule has 92 valence electrons. The SMILES string of the molecule is O=C(NCc1cccc(Br)c1)Nc1ncccn1. The molecule has 0 radical (unpaired) electrons. The van der Waals surface area contributed by atoms with Gasteiger partial charge in [0.2, 0.25) is 5.95 Å². The highest BCUT2D eigenvalue weighted by atomic mass is 79.9. The van der Waals surface area contributed by atoms with E-state index >= 15 is 0 Å². The first-order valence-corrected chi connectivity index (χ1v) is 6.09. The number of carbonyl (C=O) groups excluding carboxylic acids is 1. The summed E-state index contributed by atoms with van der Waals surface area (Å²) >= 11 is 3.37. The Morgan fingerprint density at radius 2 is 2.00 bits per heavy atom. The third-order valence-corrected chi connectivity index (χ3v) is 2.63. The van der Waals surface area contributed by atoms with Crippen LogP contribution >= 0.6 is 15.9 Å². The van der Waals surface area contributed by atoms with Crippen molar-refractivity contribution >= 4 is 27.9 Å². The summed E-state index contributed by atoms with van der Waals surface area (Å²) in [5, 5.41) is 5.27. The topological polar surface area (TPSA) is 66.9 Å². The Labute approximate surface area is 113 Å². The minimum atomic E-state index is -0.332. The Kier molecular flexibility index (Phi) is 4.25. The number of aromatic nitrogens is 2. The third kappa shape index (κ3) is 3.81. The molecule has 0 saturated carbocycles. The number of halogens is 1. The van der Waals surface area contributed by atoms with Crippen LogP contribution in [0.5, 0.6) is 0 Å². The zero-order valence-electron chi connectivity index (χ0n) is 9.43. The number of carbonyl (C=O) groups is 1. The van der Waals surface area contributed by atoms with Gasteiger partial charge in [0.1, 0.15) is 0 Å². The number of amides is 2. The molecule has 0 spiro atoms. The van der Waals surface area contributed by atoms with Crippen molar-refractivity contribution < 1.29 is 4.79 Å². The molecule has 18 heavy (non-hydrogen) atoms. The monoisotopic (exact) mass is 306 g/mol. The van der Waals surface area contributed by atoms with E-state index in [0.717, 1.165) is 10.0 Å². The zero-order valence-corrected chi connectivity index (χ0v) is 11.0. The molecular weight excluding hydrogens is 296 g/mol. The van der Waals surface area contributed by atoms with E-state index in [4.69, 9.17) is 0 Å². The number of benzene rings is 1. The Morgan fingerprint density at radius 3 is 2.72 bits per heavy atom. The van der Waals surface area contributed by atoms with Gasteiger partial charge in [-0.25, -0.2) is 14.8 Å². The first-order chi connectivity index (χ1) is 8.74. The minimum Gasteiger partial charge on any atom is -0.334 e. The van der Waals surface area contributed by atoms with Crippen molar-refractivity contribution in [3.05, 3.63) is 52.8 Å². The quantitative estimate of drug-likeness (QED) is 0.916. The number of rotatable bonds is 3. The minimum absolute atomic E-state index is 0.282. The molecule has 0 aliphatic rings. The summed E-state index contributed by atoms with van der Waals surface area (Å²) in [6.45, 7) is 0.443. The highest BCUT2D eigenvalue weighted by Gasteiger charge is 2.02. The summed E-state index contributed by atoms with van der Waals surface area (Å²) in [6, 6.07) is 9.08. The largest absolute Gasteiger partial charge is 0.334 e. The van der Waals surface area contributed by atoms with Crippen LogP contribution in [0.4, 0.5) is 10.7 Å². The van der Waals surface area contributed by atoms with Crippen molar-refractivity contribution in [3.63, 3.8) is 0 Å². The number of hydrogen-bond acceptors (Lipinski definition) is 3. The van der Waals surface area contributed by atoms with Crippen LogP contribution in [0.1, 0.15) is 5.56 Å². The van der Waals surface area contributed by atoms with Gasteiger partial charge in [-0.3, -0.25) is 5.32 Å². The normalized spacial score (nSPS) is 9.83. The second-order valence-electron chi connectivity index (χ2n) is 3.51. The lowest BCUT2D eigenvalue weighted by Crippen LogP contribution is -2.28. The molecule has 0 saturated heterocycles. The lowest BCUT2D eigenvalue weighted by molar-refractivity contribution is 0.251. The molecule has 1 heterocycles. The van der Waals surface area contributed by atoms with Crippen LogP contribution in [0, 0.1) is 0 Å². The average Bonchev–Trinajstić information content (AvgIpc) is 2.38. The molecule has 2 aromatic rings. The van der Waals surface area contributed by atoms with Gasteiger partial charge >= 0.3 is 6.03 Å². The van der Waals surface area contributed by atoms with Gasteiger partial charge in [-0.2, -0.15) is 0 Å². The fraction of sp³-hybridized carbons (Fsp3) is 0.0833. The van der Waals surface area contributed by atoms with Crippen LogP contribution in [-0.4, -0.2) is 16.0 Å². The van der Waals surface area contributed by atoms with E-state index in [1.54, 1.807) is 18.5 Å². The molecule has 2 amide bonds. The molecule has 1 aromatic carbocycles. The summed E-state index contributed by atoms with van der Waals surface area (Å²) < 4.78 is 0.980. The second-order valence-corrected chi connectivity index (χ2v) is 4.43. The van der Waals surface area contributed by atoms with Crippen molar-refractivity contribution in [2.24, 2.45) is 0 Å². The van der Waals surface area contributed by atoms with Crippen molar-refractivity contribution in [1.29, 1.82) is 0 Å². The van der Waals surface area contributed by atoms with E-state index in [2.05, 4.69) is 36.5 Å². The standard InChI is InChI=1S/C12H11BrN4O/c13-10-4-1-3-9(7-10)8-16-12(18)17-11-14-5-2-6-15-11/h1-7H,8H2,(H2,14,15,16,17,18). The van der Waals surface area contributed by atoms with Crippen LogP contribution in [0.2, 0.25) is 0 Å². The van der Waals surface area contributed by atoms with E-state index in [9.17, 15) is 4.79 Å². The molecule has 5 nitrogen and oxygen atoms in total. The Bertz CT molecular complexity index is 533. The Morgan fingerprint density at radius 1 is 1.22 bits per heavy atom. The number of nitrogens with zero attached hydrogens (tertiary/aromatic N) is 2. The summed E-state index contributed by atoms with van der Waals surface area (Å²) in [7, 11) is 0. The predicted octanol–water partition coefficient (Wildman–Crippen LogP) is 2.56. The molecule has 0 aliphatic carbocycles. The van der Waals surface area contributed by atoms with Gasteiger partial charge in [0.05, 0.1) is 0 Å². The molecule has 2 rings (SSSR count). The maximum absolute atomic E-state index is 11.6. The van der Waals surface area contributed by atoms with Crippen molar-refractivity contribution in [3.8, 4) is 0 Å². The van der Waals surface area contributed by atoms with E-state index < -0.39 is 0 Å². The summed E-state index contributed by atoms with van der Waals surface area (Å²) in [5.74, 6) is 0.282. The van der Waals surface area contributed by atoms with Gasteiger partial charge in [0.25, 0.3) is 0 Å². The molecule has 0 unspecified atom stereocenters. The number of urea groups is 1. The van der Waals surface area contributed by atoms with E-state index in [-0.39, 0.29) is 12.0 Å².